The molecule has 2 aliphatic heterocycles. The predicted molar refractivity (Wildman–Crippen MR) is 226 cm³/mol. The van der Waals surface area contributed by atoms with Crippen LogP contribution in [0.4, 0.5) is 0 Å². The van der Waals surface area contributed by atoms with Crippen LogP contribution in [0.3, 0.4) is 0 Å². The van der Waals surface area contributed by atoms with Crippen molar-refractivity contribution in [2.75, 3.05) is 41.7 Å². The maximum Gasteiger partial charge on any atom is 0.187 e. The Bertz CT molecular complexity index is 1950. The summed E-state index contributed by atoms with van der Waals surface area (Å²) in [6.07, 6.45) is 5.13. The van der Waals surface area contributed by atoms with E-state index in [9.17, 15) is 0 Å². The Kier molecular flexibility index (Phi) is 13.5. The molecule has 0 bridgehead atoms. The number of rotatable bonds is 17. The summed E-state index contributed by atoms with van der Waals surface area (Å²) in [5.41, 5.74) is 17.8. The van der Waals surface area contributed by atoms with Crippen LogP contribution in [0, 0.1) is 0 Å². The third kappa shape index (κ3) is 9.43. The first-order valence-electron chi connectivity index (χ1n) is 18.5. The second-order valence-electron chi connectivity index (χ2n) is 13.3. The van der Waals surface area contributed by atoms with Gasteiger partial charge in [0.2, 0.25) is 0 Å². The highest BCUT2D eigenvalue weighted by atomic mass is 32.1. The normalized spacial score (nSPS) is 16.2. The van der Waals surface area contributed by atoms with E-state index in [4.69, 9.17) is 74.5 Å². The Labute approximate surface area is 338 Å². The zero-order chi connectivity index (χ0) is 39.6. The van der Waals surface area contributed by atoms with Crippen LogP contribution < -0.4 is 39.9 Å². The molecule has 2 heterocycles. The summed E-state index contributed by atoms with van der Waals surface area (Å²) in [6, 6.07) is 27.3. The Morgan fingerprint density at radius 1 is 0.571 bits per heavy atom. The number of unbranched alkanes of at least 4 members (excludes halogenated alkanes) is 3. The number of hydrazone groups is 2. The predicted octanol–water partition coefficient (Wildman–Crippen LogP) is 7.53. The van der Waals surface area contributed by atoms with Crippen LogP contribution in [-0.4, -0.2) is 73.3 Å². The molecule has 6 rings (SSSR count). The van der Waals surface area contributed by atoms with Crippen LogP contribution >= 0.6 is 24.4 Å². The summed E-state index contributed by atoms with van der Waals surface area (Å²) in [5.74, 6) is 4.17. The number of hydrogen-bond donors (Lipinski definition) is 2. The van der Waals surface area contributed by atoms with Gasteiger partial charge in [0.05, 0.1) is 65.2 Å². The van der Waals surface area contributed by atoms with Gasteiger partial charge >= 0.3 is 0 Å². The number of ether oxygens (including phenoxy) is 6. The highest BCUT2D eigenvalue weighted by Crippen LogP contribution is 2.38. The van der Waals surface area contributed by atoms with Gasteiger partial charge < -0.3 is 39.9 Å². The first-order valence-corrected chi connectivity index (χ1v) is 19.3. The molecule has 0 aliphatic carbocycles. The van der Waals surface area contributed by atoms with Crippen LogP contribution in [0.15, 0.2) is 95.1 Å². The average Bonchev–Trinajstić information content (AvgIpc) is 3.88. The molecular weight excluding hydrogens is 749 g/mol. The lowest BCUT2D eigenvalue weighted by atomic mass is 9.98. The maximum atomic E-state index is 6.17. The average molecular weight is 797 g/mol. The quantitative estimate of drug-likeness (QED) is 0.0807. The van der Waals surface area contributed by atoms with Gasteiger partial charge in [-0.1, -0.05) is 24.3 Å². The third-order valence-electron chi connectivity index (χ3n) is 9.77. The molecule has 56 heavy (non-hydrogen) atoms. The molecule has 0 saturated carbocycles. The van der Waals surface area contributed by atoms with Crippen LogP contribution in [0.25, 0.3) is 0 Å². The molecular formula is C42H48N6O6S2. The van der Waals surface area contributed by atoms with Gasteiger partial charge in [0.1, 0.15) is 11.5 Å². The monoisotopic (exact) mass is 796 g/mol. The van der Waals surface area contributed by atoms with Gasteiger partial charge in [-0.3, -0.25) is 0 Å². The minimum Gasteiger partial charge on any atom is -0.494 e. The van der Waals surface area contributed by atoms with E-state index in [-0.39, 0.29) is 22.3 Å². The van der Waals surface area contributed by atoms with E-state index in [1.165, 1.54) is 0 Å². The van der Waals surface area contributed by atoms with Crippen molar-refractivity contribution >= 4 is 46.1 Å². The number of hydrogen-bond acceptors (Lipinski definition) is 10. The van der Waals surface area contributed by atoms with Gasteiger partial charge in [0, 0.05) is 24.0 Å². The number of benzene rings is 4. The molecule has 294 valence electrons. The van der Waals surface area contributed by atoms with Gasteiger partial charge in [-0.15, -0.1) is 0 Å². The topological polar surface area (TPSA) is 139 Å². The summed E-state index contributed by atoms with van der Waals surface area (Å²) in [4.78, 5) is 0. The van der Waals surface area contributed by atoms with Crippen molar-refractivity contribution < 1.29 is 28.4 Å². The smallest absolute Gasteiger partial charge is 0.187 e. The zero-order valence-corrected chi connectivity index (χ0v) is 33.7. The summed E-state index contributed by atoms with van der Waals surface area (Å²) < 4.78 is 34.1. The van der Waals surface area contributed by atoms with E-state index < -0.39 is 0 Å². The first-order chi connectivity index (χ1) is 27.2. The molecule has 0 spiro atoms. The lowest BCUT2D eigenvalue weighted by Gasteiger charge is -2.22. The Morgan fingerprint density at radius 2 is 0.982 bits per heavy atom. The number of nitrogens with zero attached hydrogens (tertiary/aromatic N) is 4. The van der Waals surface area contributed by atoms with E-state index in [2.05, 4.69) is 0 Å². The molecule has 2 unspecified atom stereocenters. The summed E-state index contributed by atoms with van der Waals surface area (Å²) >= 11 is 10.8. The van der Waals surface area contributed by atoms with Crippen LogP contribution in [0.1, 0.15) is 72.9 Å². The number of nitrogens with two attached hydrogens (primary N) is 2. The van der Waals surface area contributed by atoms with Crippen molar-refractivity contribution in [2.45, 2.75) is 50.6 Å². The van der Waals surface area contributed by atoms with Crippen molar-refractivity contribution in [1.29, 1.82) is 0 Å². The Balaban J connectivity index is 0.951. The molecule has 2 atom stereocenters. The molecule has 4 aromatic carbocycles. The van der Waals surface area contributed by atoms with E-state index >= 15 is 0 Å². The van der Waals surface area contributed by atoms with Gasteiger partial charge in [-0.25, -0.2) is 10.0 Å². The fourth-order valence-electron chi connectivity index (χ4n) is 6.89. The summed E-state index contributed by atoms with van der Waals surface area (Å²) in [5, 5.41) is 13.4. The lowest BCUT2D eigenvalue weighted by molar-refractivity contribution is 0.286. The molecule has 12 nitrogen and oxygen atoms in total. The van der Waals surface area contributed by atoms with Crippen molar-refractivity contribution in [3.05, 3.63) is 107 Å². The minimum absolute atomic E-state index is 0.148. The summed E-state index contributed by atoms with van der Waals surface area (Å²) in [7, 11) is 6.45. The van der Waals surface area contributed by atoms with E-state index in [0.29, 0.717) is 49.1 Å². The molecule has 0 radical (unpaired) electrons. The fraction of sp³-hybridized carbons (Fsp3) is 0.333. The van der Waals surface area contributed by atoms with Crippen molar-refractivity contribution in [1.82, 2.24) is 10.0 Å². The zero-order valence-electron chi connectivity index (χ0n) is 32.1. The molecule has 0 fully saturated rings. The second kappa shape index (κ2) is 18.8. The molecule has 14 heteroatoms. The molecule has 4 N–H and O–H groups in total. The third-order valence-corrected chi connectivity index (χ3v) is 10.1. The van der Waals surface area contributed by atoms with Crippen LogP contribution in [0.5, 0.6) is 34.5 Å². The fourth-order valence-corrected chi connectivity index (χ4v) is 7.22. The molecule has 2 aliphatic rings. The van der Waals surface area contributed by atoms with Gasteiger partial charge in [0.25, 0.3) is 0 Å². The van der Waals surface area contributed by atoms with E-state index in [1.807, 2.05) is 84.9 Å². The molecule has 4 aromatic rings. The van der Waals surface area contributed by atoms with Crippen molar-refractivity contribution in [3.8, 4) is 34.5 Å². The second-order valence-corrected chi connectivity index (χ2v) is 14.1. The van der Waals surface area contributed by atoms with Crippen molar-refractivity contribution in [2.24, 2.45) is 21.7 Å². The molecule has 0 saturated heterocycles. The van der Waals surface area contributed by atoms with Crippen LogP contribution in [-0.2, 0) is 0 Å². The lowest BCUT2D eigenvalue weighted by Crippen LogP contribution is -2.31. The molecule has 0 amide bonds. The largest absolute Gasteiger partial charge is 0.494 e. The van der Waals surface area contributed by atoms with Crippen molar-refractivity contribution in [3.63, 3.8) is 0 Å². The highest BCUT2D eigenvalue weighted by Gasteiger charge is 2.32. The number of methoxy groups -OCH3 is 4. The van der Waals surface area contributed by atoms with Gasteiger partial charge in [0.15, 0.2) is 33.2 Å². The van der Waals surface area contributed by atoms with Gasteiger partial charge in [-0.2, -0.15) is 10.2 Å². The SMILES string of the molecule is COc1ccc(C2=NN(C(N)=S)C(c3cccc(OCCCCCCOc4cccc(C5CC(c6ccc(OC)c(OC)c6)=NN5C(N)=S)c4)c3)C2)cc1OC. The summed E-state index contributed by atoms with van der Waals surface area (Å²) in [6.45, 7) is 1.22. The van der Waals surface area contributed by atoms with Crippen LogP contribution in [0.2, 0.25) is 0 Å². The Morgan fingerprint density at radius 3 is 1.36 bits per heavy atom. The molecule has 0 aromatic heterocycles. The van der Waals surface area contributed by atoms with E-state index in [1.54, 1.807) is 38.5 Å². The van der Waals surface area contributed by atoms with E-state index in [0.717, 1.165) is 70.9 Å². The highest BCUT2D eigenvalue weighted by molar-refractivity contribution is 7.80. The van der Waals surface area contributed by atoms with Gasteiger partial charge in [-0.05, 0) is 122 Å². The Hall–Kier alpha value is -5.60. The minimum atomic E-state index is -0.148. The maximum absolute atomic E-state index is 6.17. The first kappa shape index (κ1) is 40.1. The standard InChI is InChI=1S/C42H48N6O6S2/c1-49-37-17-15-27(23-39(37)51-3)33-25-35(47(45-33)41(43)55)29-11-9-13-31(21-29)53-19-7-5-6-8-20-54-32-14-10-12-30(22-32)36-26-34(46-48(36)42(44)56)28-16-18-38(50-2)40(24-28)52-4/h9-18,21-24,35-36H,5-8,19-20,25-26H2,1-4H3,(H2,43,55)(H2,44,56). The number of thiocarbonyl (C=S) groups is 2.